The fourth-order valence-electron chi connectivity index (χ4n) is 1.97. The van der Waals surface area contributed by atoms with Crippen LogP contribution in [0.5, 0.6) is 0 Å². The van der Waals surface area contributed by atoms with Gasteiger partial charge in [-0.2, -0.15) is 0 Å². The second-order valence-electron chi connectivity index (χ2n) is 4.40. The largest absolute Gasteiger partial charge is 0.377 e. The maximum Gasteiger partial charge on any atom is 0.274 e. The van der Waals surface area contributed by atoms with Gasteiger partial charge in [0.15, 0.2) is 0 Å². The van der Waals surface area contributed by atoms with Crippen LogP contribution in [-0.2, 0) is 0 Å². The van der Waals surface area contributed by atoms with Crippen molar-refractivity contribution in [3.05, 3.63) is 66.6 Å². The van der Waals surface area contributed by atoms with E-state index in [1.54, 1.807) is 30.3 Å². The first kappa shape index (κ1) is 16.1. The van der Waals surface area contributed by atoms with Crippen LogP contribution in [0.1, 0.15) is 18.5 Å². The summed E-state index contributed by atoms with van der Waals surface area (Å²) in [5.41, 5.74) is 1.27. The number of hydrogen-bond donors (Lipinski definition) is 1. The first-order chi connectivity index (χ1) is 9.91. The normalized spacial score (nSPS) is 12.0. The van der Waals surface area contributed by atoms with Gasteiger partial charge in [0.05, 0.1) is 32.3 Å². The molecule has 0 fully saturated rings. The minimum absolute atomic E-state index is 0.0665. The molecule has 0 aliphatic carbocycles. The summed E-state index contributed by atoms with van der Waals surface area (Å²) >= 11 is 15.5. The number of para-hydroxylation sites is 1. The highest BCUT2D eigenvalue weighted by molar-refractivity contribution is 9.10. The molecule has 1 unspecified atom stereocenters. The van der Waals surface area contributed by atoms with Gasteiger partial charge in [0, 0.05) is 10.5 Å². The van der Waals surface area contributed by atoms with E-state index in [9.17, 15) is 10.1 Å². The molecule has 0 bridgehead atoms. The van der Waals surface area contributed by atoms with Crippen molar-refractivity contribution in [1.29, 1.82) is 0 Å². The Hall–Kier alpha value is -1.30. The summed E-state index contributed by atoms with van der Waals surface area (Å²) < 4.78 is 0.693. The van der Waals surface area contributed by atoms with Crippen molar-refractivity contribution in [3.8, 4) is 0 Å². The molecule has 0 aliphatic rings. The van der Waals surface area contributed by atoms with Crippen LogP contribution >= 0.6 is 39.1 Å². The lowest BCUT2D eigenvalue weighted by molar-refractivity contribution is -0.385. The van der Waals surface area contributed by atoms with Gasteiger partial charge in [-0.15, -0.1) is 0 Å². The monoisotopic (exact) mass is 388 g/mol. The second-order valence-corrected chi connectivity index (χ2v) is 6.02. The van der Waals surface area contributed by atoms with Crippen molar-refractivity contribution in [2.24, 2.45) is 0 Å². The molecule has 2 aromatic rings. The third-order valence-corrected chi connectivity index (χ3v) is 4.78. The summed E-state index contributed by atoms with van der Waals surface area (Å²) in [5, 5.41) is 15.0. The number of anilines is 1. The minimum atomic E-state index is -0.399. The molecule has 0 amide bonds. The van der Waals surface area contributed by atoms with Crippen molar-refractivity contribution >= 4 is 50.5 Å². The zero-order valence-electron chi connectivity index (χ0n) is 10.9. The number of halogens is 3. The number of benzene rings is 2. The van der Waals surface area contributed by atoms with E-state index in [2.05, 4.69) is 21.2 Å². The number of nitrogens with one attached hydrogen (secondary N) is 1. The summed E-state index contributed by atoms with van der Waals surface area (Å²) in [7, 11) is 0. The molecule has 2 aromatic carbocycles. The first-order valence-electron chi connectivity index (χ1n) is 6.05. The molecule has 0 aromatic heterocycles. The van der Waals surface area contributed by atoms with Crippen molar-refractivity contribution in [2.75, 3.05) is 5.32 Å². The third-order valence-electron chi connectivity index (χ3n) is 3.01. The Labute approximate surface area is 140 Å². The summed E-state index contributed by atoms with van der Waals surface area (Å²) in [4.78, 5) is 10.7. The highest BCUT2D eigenvalue weighted by Crippen LogP contribution is 2.38. The van der Waals surface area contributed by atoms with Gasteiger partial charge in [0.1, 0.15) is 0 Å². The molecule has 0 heterocycles. The van der Waals surface area contributed by atoms with Gasteiger partial charge < -0.3 is 5.32 Å². The summed E-state index contributed by atoms with van der Waals surface area (Å²) in [6, 6.07) is 9.83. The van der Waals surface area contributed by atoms with E-state index >= 15 is 0 Å². The maximum absolute atomic E-state index is 11.1. The van der Waals surface area contributed by atoms with Gasteiger partial charge in [-0.3, -0.25) is 10.1 Å². The Morgan fingerprint density at radius 2 is 1.86 bits per heavy atom. The lowest BCUT2D eigenvalue weighted by Gasteiger charge is -2.17. The molecule has 0 spiro atoms. The molecule has 0 saturated carbocycles. The molecule has 7 heteroatoms. The molecule has 4 nitrogen and oxygen atoms in total. The van der Waals surface area contributed by atoms with Crippen molar-refractivity contribution < 1.29 is 4.92 Å². The molecule has 1 N–H and O–H groups in total. The van der Waals surface area contributed by atoms with Crippen LogP contribution in [-0.4, -0.2) is 4.92 Å². The van der Waals surface area contributed by atoms with Crippen LogP contribution in [0.2, 0.25) is 10.0 Å². The average molecular weight is 390 g/mol. The molecule has 21 heavy (non-hydrogen) atoms. The average Bonchev–Trinajstić information content (AvgIpc) is 2.47. The van der Waals surface area contributed by atoms with Crippen LogP contribution in [0.4, 0.5) is 11.4 Å². The fourth-order valence-corrected chi connectivity index (χ4v) is 2.80. The predicted octanol–water partition coefficient (Wildman–Crippen LogP) is 5.84. The van der Waals surface area contributed by atoms with E-state index in [-0.39, 0.29) is 11.7 Å². The van der Waals surface area contributed by atoms with Crippen molar-refractivity contribution in [1.82, 2.24) is 0 Å². The number of nitro benzene ring substituents is 1. The maximum atomic E-state index is 11.1. The molecular formula is C14H11BrCl2N2O2. The van der Waals surface area contributed by atoms with Gasteiger partial charge in [-0.05, 0) is 35.0 Å². The van der Waals surface area contributed by atoms with Crippen LogP contribution in [0.15, 0.2) is 40.9 Å². The van der Waals surface area contributed by atoms with E-state index in [1.807, 2.05) is 6.92 Å². The van der Waals surface area contributed by atoms with Gasteiger partial charge in [0.2, 0.25) is 0 Å². The van der Waals surface area contributed by atoms with Crippen LogP contribution in [0.3, 0.4) is 0 Å². The number of nitro groups is 1. The fraction of sp³-hybridized carbons (Fsp3) is 0.143. The second kappa shape index (κ2) is 6.64. The first-order valence-corrected chi connectivity index (χ1v) is 7.60. The van der Waals surface area contributed by atoms with Crippen LogP contribution < -0.4 is 5.32 Å². The van der Waals surface area contributed by atoms with Gasteiger partial charge in [-0.25, -0.2) is 0 Å². The Morgan fingerprint density at radius 1 is 1.19 bits per heavy atom. The minimum Gasteiger partial charge on any atom is -0.377 e. The zero-order chi connectivity index (χ0) is 15.6. The quantitative estimate of drug-likeness (QED) is 0.406. The predicted molar refractivity (Wildman–Crippen MR) is 89.3 cm³/mol. The Balaban J connectivity index is 2.33. The van der Waals surface area contributed by atoms with Gasteiger partial charge >= 0.3 is 0 Å². The van der Waals surface area contributed by atoms with Crippen LogP contribution in [0, 0.1) is 10.1 Å². The zero-order valence-corrected chi connectivity index (χ0v) is 14.0. The SMILES string of the molecule is CC(Nc1ccc(Br)c(Cl)c1Cl)c1ccccc1[N+](=O)[O-]. The van der Waals surface area contributed by atoms with Crippen molar-refractivity contribution in [3.63, 3.8) is 0 Å². The van der Waals surface area contributed by atoms with Gasteiger partial charge in [0.25, 0.3) is 5.69 Å². The van der Waals surface area contributed by atoms with Gasteiger partial charge in [-0.1, -0.05) is 41.4 Å². The highest BCUT2D eigenvalue weighted by atomic mass is 79.9. The Kier molecular flexibility index (Phi) is 5.08. The van der Waals surface area contributed by atoms with E-state index < -0.39 is 4.92 Å². The molecule has 2 rings (SSSR count). The molecular weight excluding hydrogens is 379 g/mol. The summed E-state index contributed by atoms with van der Waals surface area (Å²) in [5.74, 6) is 0. The van der Waals surface area contributed by atoms with Crippen LogP contribution in [0.25, 0.3) is 0 Å². The van der Waals surface area contributed by atoms with E-state index in [1.165, 1.54) is 6.07 Å². The van der Waals surface area contributed by atoms with E-state index in [0.717, 1.165) is 0 Å². The number of rotatable bonds is 4. The van der Waals surface area contributed by atoms with E-state index in [4.69, 9.17) is 23.2 Å². The third kappa shape index (κ3) is 3.48. The lowest BCUT2D eigenvalue weighted by Crippen LogP contribution is -2.09. The van der Waals surface area contributed by atoms with Crippen molar-refractivity contribution in [2.45, 2.75) is 13.0 Å². The number of hydrogen-bond acceptors (Lipinski definition) is 3. The summed E-state index contributed by atoms with van der Waals surface area (Å²) in [6.45, 7) is 1.83. The molecule has 0 aliphatic heterocycles. The molecule has 0 radical (unpaired) electrons. The lowest BCUT2D eigenvalue weighted by atomic mass is 10.1. The topological polar surface area (TPSA) is 55.2 Å². The Bertz CT molecular complexity index is 695. The van der Waals surface area contributed by atoms with E-state index in [0.29, 0.717) is 25.8 Å². The molecule has 110 valence electrons. The molecule has 1 atom stereocenters. The number of nitrogens with zero attached hydrogens (tertiary/aromatic N) is 1. The molecule has 0 saturated heterocycles. The summed E-state index contributed by atoms with van der Waals surface area (Å²) in [6.07, 6.45) is 0. The highest BCUT2D eigenvalue weighted by Gasteiger charge is 2.19. The standard InChI is InChI=1S/C14H11BrCl2N2O2/c1-8(9-4-2-3-5-12(9)19(20)21)18-11-7-6-10(15)13(16)14(11)17/h2-8,18H,1H3. The smallest absolute Gasteiger partial charge is 0.274 e. The Morgan fingerprint density at radius 3 is 2.52 bits per heavy atom.